The first-order chi connectivity index (χ1) is 6.54. The third-order valence-electron chi connectivity index (χ3n) is 3.07. The van der Waals surface area contributed by atoms with Crippen LogP contribution < -0.4 is 11.1 Å². The molecule has 0 aromatic carbocycles. The second kappa shape index (κ2) is 4.78. The smallest absolute Gasteiger partial charge is 0.221 e. The quantitative estimate of drug-likeness (QED) is 0.699. The third kappa shape index (κ3) is 3.29. The van der Waals surface area contributed by atoms with E-state index in [0.717, 1.165) is 6.42 Å². The van der Waals surface area contributed by atoms with E-state index in [9.17, 15) is 4.79 Å². The van der Waals surface area contributed by atoms with Crippen molar-refractivity contribution in [1.29, 1.82) is 0 Å². The largest absolute Gasteiger partial charge is 0.353 e. The fourth-order valence-electron chi connectivity index (χ4n) is 1.59. The average molecular weight is 198 g/mol. The molecular weight excluding hydrogens is 176 g/mol. The Morgan fingerprint density at radius 3 is 2.64 bits per heavy atom. The lowest BCUT2D eigenvalue weighted by Crippen LogP contribution is -2.36. The van der Waals surface area contributed by atoms with Gasteiger partial charge in [-0.3, -0.25) is 4.79 Å². The lowest BCUT2D eigenvalue weighted by Gasteiger charge is -2.14. The van der Waals surface area contributed by atoms with Crippen molar-refractivity contribution in [3.05, 3.63) is 0 Å². The predicted molar refractivity (Wildman–Crippen MR) is 57.8 cm³/mol. The summed E-state index contributed by atoms with van der Waals surface area (Å²) in [5, 5.41) is 3.02. The van der Waals surface area contributed by atoms with Crippen LogP contribution in [0.3, 0.4) is 0 Å². The fraction of sp³-hybridized carbons (Fsp3) is 0.909. The van der Waals surface area contributed by atoms with Crippen molar-refractivity contribution in [2.45, 2.75) is 52.1 Å². The van der Waals surface area contributed by atoms with E-state index >= 15 is 0 Å². The monoisotopic (exact) mass is 198 g/mol. The van der Waals surface area contributed by atoms with Gasteiger partial charge in [0.1, 0.15) is 0 Å². The third-order valence-corrected chi connectivity index (χ3v) is 3.07. The van der Waals surface area contributed by atoms with Crippen molar-refractivity contribution in [3.8, 4) is 0 Å². The molecule has 3 unspecified atom stereocenters. The minimum absolute atomic E-state index is 0.00572. The van der Waals surface area contributed by atoms with Crippen LogP contribution in [-0.4, -0.2) is 18.0 Å². The van der Waals surface area contributed by atoms with Crippen LogP contribution in [0.5, 0.6) is 0 Å². The number of amides is 1. The number of hydrogen-bond acceptors (Lipinski definition) is 2. The van der Waals surface area contributed by atoms with Crippen LogP contribution in [0.4, 0.5) is 0 Å². The Hall–Kier alpha value is -0.570. The van der Waals surface area contributed by atoms with E-state index in [0.29, 0.717) is 24.3 Å². The summed E-state index contributed by atoms with van der Waals surface area (Å²) in [4.78, 5) is 11.5. The summed E-state index contributed by atoms with van der Waals surface area (Å²) in [6.45, 7) is 6.25. The minimum Gasteiger partial charge on any atom is -0.353 e. The van der Waals surface area contributed by atoms with Crippen molar-refractivity contribution in [2.24, 2.45) is 17.6 Å². The summed E-state index contributed by atoms with van der Waals surface area (Å²) >= 11 is 0. The van der Waals surface area contributed by atoms with Gasteiger partial charge in [0.05, 0.1) is 0 Å². The van der Waals surface area contributed by atoms with E-state index in [4.69, 9.17) is 5.73 Å². The average Bonchev–Trinajstić information content (AvgIpc) is 2.82. The van der Waals surface area contributed by atoms with Crippen LogP contribution >= 0.6 is 0 Å². The molecule has 1 aliphatic rings. The first-order valence-corrected chi connectivity index (χ1v) is 5.59. The van der Waals surface area contributed by atoms with Gasteiger partial charge in [-0.05, 0) is 18.3 Å². The van der Waals surface area contributed by atoms with Crippen LogP contribution in [0, 0.1) is 11.8 Å². The highest BCUT2D eigenvalue weighted by Gasteiger charge is 2.36. The molecule has 82 valence electrons. The molecule has 0 heterocycles. The molecule has 0 aromatic heterocycles. The van der Waals surface area contributed by atoms with Crippen LogP contribution in [-0.2, 0) is 4.79 Å². The lowest BCUT2D eigenvalue weighted by atomic mass is 10.0. The Morgan fingerprint density at radius 1 is 1.57 bits per heavy atom. The lowest BCUT2D eigenvalue weighted by molar-refractivity contribution is -0.121. The Morgan fingerprint density at radius 2 is 2.21 bits per heavy atom. The topological polar surface area (TPSA) is 55.1 Å². The molecule has 1 amide bonds. The molecule has 3 atom stereocenters. The zero-order chi connectivity index (χ0) is 10.7. The predicted octanol–water partition coefficient (Wildman–Crippen LogP) is 1.27. The van der Waals surface area contributed by atoms with Crippen LogP contribution in [0.2, 0.25) is 0 Å². The molecule has 14 heavy (non-hydrogen) atoms. The van der Waals surface area contributed by atoms with Crippen molar-refractivity contribution in [1.82, 2.24) is 5.32 Å². The SMILES string of the molecule is CCC1CC1NC(=O)CC(N)C(C)C. The number of rotatable bonds is 5. The zero-order valence-electron chi connectivity index (χ0n) is 9.42. The number of nitrogens with two attached hydrogens (primary N) is 1. The summed E-state index contributed by atoms with van der Waals surface area (Å²) in [5.74, 6) is 1.21. The van der Waals surface area contributed by atoms with E-state index < -0.39 is 0 Å². The highest BCUT2D eigenvalue weighted by atomic mass is 16.1. The van der Waals surface area contributed by atoms with E-state index in [1.165, 1.54) is 6.42 Å². The molecule has 1 rings (SSSR count). The zero-order valence-corrected chi connectivity index (χ0v) is 9.42. The molecular formula is C11H22N2O. The second-order valence-corrected chi connectivity index (χ2v) is 4.69. The van der Waals surface area contributed by atoms with Crippen LogP contribution in [0.25, 0.3) is 0 Å². The number of carbonyl (C=O) groups excluding carboxylic acids is 1. The number of hydrogen-bond donors (Lipinski definition) is 2. The summed E-state index contributed by atoms with van der Waals surface area (Å²) in [5.41, 5.74) is 5.82. The summed E-state index contributed by atoms with van der Waals surface area (Å²) in [7, 11) is 0. The maximum atomic E-state index is 11.5. The van der Waals surface area contributed by atoms with Gasteiger partial charge in [-0.15, -0.1) is 0 Å². The van der Waals surface area contributed by atoms with E-state index in [1.807, 2.05) is 13.8 Å². The van der Waals surface area contributed by atoms with Crippen molar-refractivity contribution < 1.29 is 4.79 Å². The molecule has 3 heteroatoms. The van der Waals surface area contributed by atoms with Gasteiger partial charge in [-0.1, -0.05) is 27.2 Å². The van der Waals surface area contributed by atoms with E-state index in [1.54, 1.807) is 0 Å². The molecule has 0 spiro atoms. The molecule has 0 radical (unpaired) electrons. The van der Waals surface area contributed by atoms with Crippen LogP contribution in [0.1, 0.15) is 40.0 Å². The molecule has 1 aliphatic carbocycles. The number of carbonyl (C=O) groups is 1. The van der Waals surface area contributed by atoms with Gasteiger partial charge in [0.25, 0.3) is 0 Å². The fourth-order valence-corrected chi connectivity index (χ4v) is 1.59. The van der Waals surface area contributed by atoms with Crippen molar-refractivity contribution >= 4 is 5.91 Å². The van der Waals surface area contributed by atoms with E-state index in [-0.39, 0.29) is 11.9 Å². The standard InChI is InChI=1S/C11H22N2O/c1-4-8-5-10(8)13-11(14)6-9(12)7(2)3/h7-10H,4-6,12H2,1-3H3,(H,13,14). The normalized spacial score (nSPS) is 27.5. The van der Waals surface area contributed by atoms with Gasteiger partial charge in [0, 0.05) is 18.5 Å². The molecule has 3 nitrogen and oxygen atoms in total. The van der Waals surface area contributed by atoms with Gasteiger partial charge >= 0.3 is 0 Å². The molecule has 3 N–H and O–H groups in total. The Bertz CT molecular complexity index is 203. The van der Waals surface area contributed by atoms with Crippen molar-refractivity contribution in [2.75, 3.05) is 0 Å². The highest BCUT2D eigenvalue weighted by Crippen LogP contribution is 2.33. The van der Waals surface area contributed by atoms with Gasteiger partial charge in [-0.25, -0.2) is 0 Å². The maximum Gasteiger partial charge on any atom is 0.221 e. The molecule has 0 aromatic rings. The molecule has 0 aliphatic heterocycles. The Labute approximate surface area is 86.4 Å². The van der Waals surface area contributed by atoms with Gasteiger partial charge in [-0.2, -0.15) is 0 Å². The van der Waals surface area contributed by atoms with Gasteiger partial charge in [0.2, 0.25) is 5.91 Å². The van der Waals surface area contributed by atoms with Crippen LogP contribution in [0.15, 0.2) is 0 Å². The van der Waals surface area contributed by atoms with E-state index in [2.05, 4.69) is 12.2 Å². The molecule has 1 fully saturated rings. The van der Waals surface area contributed by atoms with Crippen molar-refractivity contribution in [3.63, 3.8) is 0 Å². The Kier molecular flexibility index (Phi) is 3.93. The molecule has 0 bridgehead atoms. The summed E-state index contributed by atoms with van der Waals surface area (Å²) in [6.07, 6.45) is 2.78. The molecule has 0 saturated heterocycles. The van der Waals surface area contributed by atoms with Gasteiger partial charge in [0.15, 0.2) is 0 Å². The highest BCUT2D eigenvalue weighted by molar-refractivity contribution is 5.77. The summed E-state index contributed by atoms with van der Waals surface area (Å²) in [6, 6.07) is 0.431. The minimum atomic E-state index is -0.00572. The van der Waals surface area contributed by atoms with Gasteiger partial charge < -0.3 is 11.1 Å². The second-order valence-electron chi connectivity index (χ2n) is 4.69. The Balaban J connectivity index is 2.17. The first kappa shape index (κ1) is 11.5. The number of nitrogens with one attached hydrogen (secondary N) is 1. The maximum absolute atomic E-state index is 11.5. The molecule has 1 saturated carbocycles. The first-order valence-electron chi connectivity index (χ1n) is 5.59. The summed E-state index contributed by atoms with van der Waals surface area (Å²) < 4.78 is 0.